The summed E-state index contributed by atoms with van der Waals surface area (Å²) >= 11 is 3.52. The molecule has 0 unspecified atom stereocenters. The Labute approximate surface area is 130 Å². The van der Waals surface area contributed by atoms with Gasteiger partial charge in [0.25, 0.3) is 0 Å². The van der Waals surface area contributed by atoms with E-state index in [1.807, 2.05) is 18.3 Å². The molecule has 0 bridgehead atoms. The van der Waals surface area contributed by atoms with Gasteiger partial charge in [-0.1, -0.05) is 15.9 Å². The van der Waals surface area contributed by atoms with Crippen LogP contribution in [0.3, 0.4) is 0 Å². The van der Waals surface area contributed by atoms with Crippen LogP contribution in [0.15, 0.2) is 29.0 Å². The molecule has 21 heavy (non-hydrogen) atoms. The topological polar surface area (TPSA) is 56.6 Å². The van der Waals surface area contributed by atoms with Gasteiger partial charge in [0.2, 0.25) is 12.7 Å². The summed E-state index contributed by atoms with van der Waals surface area (Å²) in [6.45, 7) is 0.455. The largest absolute Gasteiger partial charge is 0.454 e. The number of fused-ring (bicyclic) bond motifs is 1. The molecule has 110 valence electrons. The van der Waals surface area contributed by atoms with Gasteiger partial charge in [0.05, 0.1) is 6.20 Å². The van der Waals surface area contributed by atoms with Crippen molar-refractivity contribution in [2.75, 3.05) is 20.9 Å². The van der Waals surface area contributed by atoms with Crippen LogP contribution >= 0.6 is 15.9 Å². The fourth-order valence-corrected chi connectivity index (χ4v) is 2.56. The van der Waals surface area contributed by atoms with Gasteiger partial charge < -0.3 is 14.4 Å². The Bertz CT molecular complexity index is 697. The van der Waals surface area contributed by atoms with E-state index in [-0.39, 0.29) is 19.2 Å². The van der Waals surface area contributed by atoms with E-state index in [1.54, 1.807) is 25.0 Å². The Morgan fingerprint density at radius 2 is 2.10 bits per heavy atom. The Morgan fingerprint density at radius 1 is 1.38 bits per heavy atom. The molecule has 0 N–H and O–H groups in total. The van der Waals surface area contributed by atoms with Gasteiger partial charge in [0.1, 0.15) is 6.54 Å². The van der Waals surface area contributed by atoms with Crippen molar-refractivity contribution in [3.8, 4) is 22.6 Å². The number of aromatic nitrogens is 2. The third-order valence-corrected chi connectivity index (χ3v) is 3.86. The van der Waals surface area contributed by atoms with E-state index in [0.717, 1.165) is 21.3 Å². The van der Waals surface area contributed by atoms with Gasteiger partial charge >= 0.3 is 0 Å². The van der Waals surface area contributed by atoms with Crippen LogP contribution in [-0.4, -0.2) is 41.5 Å². The first-order valence-electron chi connectivity index (χ1n) is 6.36. The molecule has 3 rings (SSSR count). The highest BCUT2D eigenvalue weighted by molar-refractivity contribution is 9.10. The zero-order valence-electron chi connectivity index (χ0n) is 11.7. The molecule has 0 saturated heterocycles. The third kappa shape index (κ3) is 2.73. The molecule has 7 heteroatoms. The maximum absolute atomic E-state index is 11.7. The molecule has 2 heterocycles. The number of carbonyl (C=O) groups excluding carboxylic acids is 1. The standard InChI is InChI=1S/C14H14BrN3O3/c1-17(2)14(19)7-18-6-9(5-16-18)10-3-12-13(4-11(10)15)21-8-20-12/h3-6H,7-8H2,1-2H3. The Morgan fingerprint density at radius 3 is 2.81 bits per heavy atom. The average molecular weight is 352 g/mol. The van der Waals surface area contributed by atoms with Crippen LogP contribution in [0.2, 0.25) is 0 Å². The van der Waals surface area contributed by atoms with Gasteiger partial charge in [-0.3, -0.25) is 9.48 Å². The maximum Gasteiger partial charge on any atom is 0.243 e. The van der Waals surface area contributed by atoms with Crippen LogP contribution in [0.4, 0.5) is 0 Å². The summed E-state index contributed by atoms with van der Waals surface area (Å²) in [6.07, 6.45) is 3.56. The van der Waals surface area contributed by atoms with Crippen molar-refractivity contribution in [3.05, 3.63) is 29.0 Å². The fourth-order valence-electron chi connectivity index (χ4n) is 2.01. The number of nitrogens with zero attached hydrogens (tertiary/aromatic N) is 3. The highest BCUT2D eigenvalue weighted by Gasteiger charge is 2.18. The lowest BCUT2D eigenvalue weighted by atomic mass is 10.1. The molecule has 1 aliphatic heterocycles. The Hall–Kier alpha value is -2.02. The van der Waals surface area contributed by atoms with Gasteiger partial charge in [-0.2, -0.15) is 5.10 Å². The molecule has 0 fully saturated rings. The average Bonchev–Trinajstić information content (AvgIpc) is 3.06. The molecule has 0 aliphatic carbocycles. The first-order valence-corrected chi connectivity index (χ1v) is 7.16. The molecule has 0 saturated carbocycles. The Kier molecular flexibility index (Phi) is 3.59. The van der Waals surface area contributed by atoms with Crippen molar-refractivity contribution in [3.63, 3.8) is 0 Å². The number of carbonyl (C=O) groups is 1. The normalized spacial score (nSPS) is 12.5. The molecular weight excluding hydrogens is 338 g/mol. The molecular formula is C14H14BrN3O3. The number of amides is 1. The number of rotatable bonds is 3. The fraction of sp³-hybridized carbons (Fsp3) is 0.286. The van der Waals surface area contributed by atoms with E-state index in [0.29, 0.717) is 5.75 Å². The van der Waals surface area contributed by atoms with E-state index in [1.165, 1.54) is 4.90 Å². The van der Waals surface area contributed by atoms with Crippen molar-refractivity contribution in [1.82, 2.24) is 14.7 Å². The minimum Gasteiger partial charge on any atom is -0.454 e. The van der Waals surface area contributed by atoms with Crippen molar-refractivity contribution < 1.29 is 14.3 Å². The highest BCUT2D eigenvalue weighted by Crippen LogP contribution is 2.40. The number of hydrogen-bond acceptors (Lipinski definition) is 4. The number of benzene rings is 1. The van der Waals surface area contributed by atoms with Crippen LogP contribution in [0, 0.1) is 0 Å². The number of ether oxygens (including phenoxy) is 2. The molecule has 1 amide bonds. The number of hydrogen-bond donors (Lipinski definition) is 0. The molecule has 1 aromatic carbocycles. The van der Waals surface area contributed by atoms with Gasteiger partial charge in [-0.15, -0.1) is 0 Å². The van der Waals surface area contributed by atoms with Crippen molar-refractivity contribution in [2.45, 2.75) is 6.54 Å². The molecule has 0 radical (unpaired) electrons. The van der Waals surface area contributed by atoms with Crippen molar-refractivity contribution in [1.29, 1.82) is 0 Å². The van der Waals surface area contributed by atoms with Gasteiger partial charge in [0.15, 0.2) is 11.5 Å². The van der Waals surface area contributed by atoms with Crippen molar-refractivity contribution >= 4 is 21.8 Å². The van der Waals surface area contributed by atoms with Gasteiger partial charge in [0, 0.05) is 35.9 Å². The van der Waals surface area contributed by atoms with E-state index >= 15 is 0 Å². The predicted molar refractivity (Wildman–Crippen MR) is 80.2 cm³/mol. The monoisotopic (exact) mass is 351 g/mol. The molecule has 6 nitrogen and oxygen atoms in total. The maximum atomic E-state index is 11.7. The Balaban J connectivity index is 1.88. The van der Waals surface area contributed by atoms with Crippen LogP contribution in [0.5, 0.6) is 11.5 Å². The van der Waals surface area contributed by atoms with Crippen molar-refractivity contribution in [2.24, 2.45) is 0 Å². The van der Waals surface area contributed by atoms with E-state index in [4.69, 9.17) is 9.47 Å². The van der Waals surface area contributed by atoms with Crippen LogP contribution in [-0.2, 0) is 11.3 Å². The SMILES string of the molecule is CN(C)C(=O)Cn1cc(-c2cc3c(cc2Br)OCO3)cn1. The lowest BCUT2D eigenvalue weighted by Gasteiger charge is -2.09. The third-order valence-electron chi connectivity index (χ3n) is 3.20. The van der Waals surface area contributed by atoms with Crippen LogP contribution < -0.4 is 9.47 Å². The molecule has 1 aliphatic rings. The summed E-state index contributed by atoms with van der Waals surface area (Å²) in [5.74, 6) is 1.43. The minimum atomic E-state index is -0.00518. The van der Waals surface area contributed by atoms with Gasteiger partial charge in [-0.25, -0.2) is 0 Å². The summed E-state index contributed by atoms with van der Waals surface area (Å²) < 4.78 is 13.2. The second kappa shape index (κ2) is 5.40. The van der Waals surface area contributed by atoms with Gasteiger partial charge in [-0.05, 0) is 12.1 Å². The predicted octanol–water partition coefficient (Wildman–Crippen LogP) is 2.13. The highest BCUT2D eigenvalue weighted by atomic mass is 79.9. The number of likely N-dealkylation sites (N-methyl/N-ethyl adjacent to an activating group) is 1. The molecule has 1 aromatic heterocycles. The molecule has 2 aromatic rings. The summed E-state index contributed by atoms with van der Waals surface area (Å²) in [4.78, 5) is 13.2. The molecule has 0 atom stereocenters. The first-order chi connectivity index (χ1) is 10.0. The quantitative estimate of drug-likeness (QED) is 0.849. The lowest BCUT2D eigenvalue weighted by Crippen LogP contribution is -2.26. The number of halogens is 1. The second-order valence-electron chi connectivity index (χ2n) is 4.90. The zero-order valence-corrected chi connectivity index (χ0v) is 13.3. The second-order valence-corrected chi connectivity index (χ2v) is 5.75. The summed E-state index contributed by atoms with van der Waals surface area (Å²) in [7, 11) is 3.45. The van der Waals surface area contributed by atoms with E-state index in [9.17, 15) is 4.79 Å². The minimum absolute atomic E-state index is 0.00518. The van der Waals surface area contributed by atoms with Crippen LogP contribution in [0.1, 0.15) is 0 Å². The van der Waals surface area contributed by atoms with Crippen LogP contribution in [0.25, 0.3) is 11.1 Å². The van der Waals surface area contributed by atoms with E-state index in [2.05, 4.69) is 21.0 Å². The summed E-state index contributed by atoms with van der Waals surface area (Å²) in [5, 5.41) is 4.23. The van der Waals surface area contributed by atoms with E-state index < -0.39 is 0 Å². The molecule has 0 spiro atoms. The lowest BCUT2D eigenvalue weighted by molar-refractivity contribution is -0.129. The smallest absolute Gasteiger partial charge is 0.243 e. The first kappa shape index (κ1) is 13.9. The zero-order chi connectivity index (χ0) is 15.0. The summed E-state index contributed by atoms with van der Waals surface area (Å²) in [6, 6.07) is 3.78. The summed E-state index contributed by atoms with van der Waals surface area (Å²) in [5.41, 5.74) is 1.86.